The van der Waals surface area contributed by atoms with Crippen molar-refractivity contribution in [2.75, 3.05) is 5.32 Å². The number of hydrogen-bond acceptors (Lipinski definition) is 5. The molecule has 0 unspecified atom stereocenters. The highest BCUT2D eigenvalue weighted by Crippen LogP contribution is 2.23. The molecule has 76 valence electrons. The van der Waals surface area contributed by atoms with E-state index in [4.69, 9.17) is 9.68 Å². The van der Waals surface area contributed by atoms with Gasteiger partial charge in [0.1, 0.15) is 22.4 Å². The Hall–Kier alpha value is -1.80. The number of aryl methyl sites for hydroxylation is 1. The average molecular weight is 219 g/mol. The van der Waals surface area contributed by atoms with Crippen LogP contribution in [0.5, 0.6) is 0 Å². The molecule has 4 nitrogen and oxygen atoms in total. The van der Waals surface area contributed by atoms with Crippen LogP contribution in [-0.2, 0) is 6.54 Å². The van der Waals surface area contributed by atoms with E-state index in [0.29, 0.717) is 12.1 Å². The number of anilines is 1. The van der Waals surface area contributed by atoms with Crippen LogP contribution in [0.15, 0.2) is 22.8 Å². The summed E-state index contributed by atoms with van der Waals surface area (Å²) in [5.41, 5.74) is 1.39. The van der Waals surface area contributed by atoms with Gasteiger partial charge in [-0.2, -0.15) is 9.64 Å². The Morgan fingerprint density at radius 3 is 3.20 bits per heavy atom. The van der Waals surface area contributed by atoms with E-state index < -0.39 is 0 Å². The quantitative estimate of drug-likeness (QED) is 0.861. The maximum Gasteiger partial charge on any atom is 0.128 e. The van der Waals surface area contributed by atoms with Gasteiger partial charge in [-0.3, -0.25) is 0 Å². The van der Waals surface area contributed by atoms with Crippen LogP contribution < -0.4 is 5.32 Å². The molecule has 2 heterocycles. The topological polar surface area (TPSA) is 61.9 Å². The predicted octanol–water partition coefficient (Wildman–Crippen LogP) is 2.53. The SMILES string of the molecule is Cc1nsc(NCc2ccco2)c1C#N. The zero-order chi connectivity index (χ0) is 10.7. The van der Waals surface area contributed by atoms with Gasteiger partial charge in [0.2, 0.25) is 0 Å². The molecule has 15 heavy (non-hydrogen) atoms. The minimum Gasteiger partial charge on any atom is -0.467 e. The van der Waals surface area contributed by atoms with E-state index in [1.165, 1.54) is 11.5 Å². The predicted molar refractivity (Wildman–Crippen MR) is 57.6 cm³/mol. The summed E-state index contributed by atoms with van der Waals surface area (Å²) in [6, 6.07) is 5.84. The van der Waals surface area contributed by atoms with E-state index in [1.807, 2.05) is 19.1 Å². The van der Waals surface area contributed by atoms with Crippen molar-refractivity contribution in [2.24, 2.45) is 0 Å². The van der Waals surface area contributed by atoms with Crippen molar-refractivity contribution < 1.29 is 4.42 Å². The number of nitriles is 1. The molecule has 2 aromatic rings. The summed E-state index contributed by atoms with van der Waals surface area (Å²) in [5, 5.41) is 12.8. The molecule has 0 amide bonds. The number of aromatic nitrogens is 1. The number of rotatable bonds is 3. The molecular formula is C10H9N3OS. The molecule has 0 aliphatic rings. The number of nitrogens with zero attached hydrogens (tertiary/aromatic N) is 2. The van der Waals surface area contributed by atoms with E-state index in [9.17, 15) is 0 Å². The van der Waals surface area contributed by atoms with E-state index in [1.54, 1.807) is 6.26 Å². The maximum absolute atomic E-state index is 8.90. The first-order valence-electron chi connectivity index (χ1n) is 4.44. The van der Waals surface area contributed by atoms with Gasteiger partial charge in [-0.15, -0.1) is 0 Å². The minimum atomic E-state index is 0.573. The lowest BCUT2D eigenvalue weighted by Gasteiger charge is -1.99. The third kappa shape index (κ3) is 2.00. The smallest absolute Gasteiger partial charge is 0.128 e. The van der Waals surface area contributed by atoms with Gasteiger partial charge in [0, 0.05) is 0 Å². The van der Waals surface area contributed by atoms with E-state index >= 15 is 0 Å². The van der Waals surface area contributed by atoms with Gasteiger partial charge in [0.15, 0.2) is 0 Å². The average Bonchev–Trinajstić information content (AvgIpc) is 2.84. The van der Waals surface area contributed by atoms with Crippen molar-refractivity contribution in [1.82, 2.24) is 4.37 Å². The molecule has 0 atom stereocenters. The number of nitrogens with one attached hydrogen (secondary N) is 1. The number of furan rings is 1. The lowest BCUT2D eigenvalue weighted by Crippen LogP contribution is -1.97. The standard InChI is InChI=1S/C10H9N3OS/c1-7-9(5-11)10(15-13-7)12-6-8-3-2-4-14-8/h2-4,12H,6H2,1H3. The summed E-state index contributed by atoms with van der Waals surface area (Å²) in [6.45, 7) is 2.40. The van der Waals surface area contributed by atoms with Crippen LogP contribution >= 0.6 is 11.5 Å². The summed E-state index contributed by atoms with van der Waals surface area (Å²) >= 11 is 1.30. The van der Waals surface area contributed by atoms with Crippen molar-refractivity contribution in [3.63, 3.8) is 0 Å². The van der Waals surface area contributed by atoms with Gasteiger partial charge in [-0.1, -0.05) is 0 Å². The van der Waals surface area contributed by atoms with Crippen LogP contribution in [0.2, 0.25) is 0 Å². The second-order valence-electron chi connectivity index (χ2n) is 3.02. The highest BCUT2D eigenvalue weighted by atomic mass is 32.1. The van der Waals surface area contributed by atoms with Crippen LogP contribution in [0.3, 0.4) is 0 Å². The summed E-state index contributed by atoms with van der Waals surface area (Å²) in [6.07, 6.45) is 1.63. The van der Waals surface area contributed by atoms with Crippen LogP contribution in [0.25, 0.3) is 0 Å². The molecular weight excluding hydrogens is 210 g/mol. The Morgan fingerprint density at radius 1 is 1.67 bits per heavy atom. The van der Waals surface area contributed by atoms with Gasteiger partial charge in [-0.05, 0) is 30.6 Å². The summed E-state index contributed by atoms with van der Waals surface area (Å²) in [4.78, 5) is 0. The number of hydrogen-bond donors (Lipinski definition) is 1. The van der Waals surface area contributed by atoms with E-state index in [-0.39, 0.29) is 0 Å². The summed E-state index contributed by atoms with van der Waals surface area (Å²) < 4.78 is 9.29. The highest BCUT2D eigenvalue weighted by molar-refractivity contribution is 7.10. The van der Waals surface area contributed by atoms with Gasteiger partial charge in [0.05, 0.1) is 18.5 Å². The van der Waals surface area contributed by atoms with E-state index in [2.05, 4.69) is 15.8 Å². The largest absolute Gasteiger partial charge is 0.467 e. The highest BCUT2D eigenvalue weighted by Gasteiger charge is 2.09. The van der Waals surface area contributed by atoms with Gasteiger partial charge in [-0.25, -0.2) is 0 Å². The minimum absolute atomic E-state index is 0.573. The Morgan fingerprint density at radius 2 is 2.53 bits per heavy atom. The fourth-order valence-corrected chi connectivity index (χ4v) is 1.94. The van der Waals surface area contributed by atoms with Crippen LogP contribution in [-0.4, -0.2) is 4.37 Å². The molecule has 1 N–H and O–H groups in total. The normalized spacial score (nSPS) is 9.87. The zero-order valence-corrected chi connectivity index (χ0v) is 8.97. The third-order valence-corrected chi connectivity index (χ3v) is 2.87. The molecule has 0 aromatic carbocycles. The van der Waals surface area contributed by atoms with Crippen molar-refractivity contribution in [2.45, 2.75) is 13.5 Å². The van der Waals surface area contributed by atoms with Gasteiger partial charge >= 0.3 is 0 Å². The van der Waals surface area contributed by atoms with Crippen molar-refractivity contribution >= 4 is 16.5 Å². The fraction of sp³-hybridized carbons (Fsp3) is 0.200. The monoisotopic (exact) mass is 219 g/mol. The van der Waals surface area contributed by atoms with Gasteiger partial charge < -0.3 is 9.73 Å². The second-order valence-corrected chi connectivity index (χ2v) is 3.79. The summed E-state index contributed by atoms with van der Waals surface area (Å²) in [5.74, 6) is 0.838. The zero-order valence-electron chi connectivity index (χ0n) is 8.15. The molecule has 0 fully saturated rings. The first-order valence-corrected chi connectivity index (χ1v) is 5.21. The van der Waals surface area contributed by atoms with Crippen molar-refractivity contribution in [3.8, 4) is 6.07 Å². The molecule has 0 spiro atoms. The molecule has 0 bridgehead atoms. The molecule has 5 heteroatoms. The molecule has 2 rings (SSSR count). The Kier molecular flexibility index (Phi) is 2.70. The molecule has 0 saturated carbocycles. The molecule has 0 saturated heterocycles. The maximum atomic E-state index is 8.90. The first kappa shape index (κ1) is 9.74. The Labute approximate surface area is 91.3 Å². The molecule has 0 aliphatic carbocycles. The van der Waals surface area contributed by atoms with Crippen molar-refractivity contribution in [3.05, 3.63) is 35.4 Å². The van der Waals surface area contributed by atoms with Crippen molar-refractivity contribution in [1.29, 1.82) is 5.26 Å². The first-order chi connectivity index (χ1) is 7.31. The van der Waals surface area contributed by atoms with E-state index in [0.717, 1.165) is 16.5 Å². The third-order valence-electron chi connectivity index (χ3n) is 1.98. The van der Waals surface area contributed by atoms with Crippen LogP contribution in [0.1, 0.15) is 17.0 Å². The Balaban J connectivity index is 2.09. The van der Waals surface area contributed by atoms with Gasteiger partial charge in [0.25, 0.3) is 0 Å². The lowest BCUT2D eigenvalue weighted by atomic mass is 10.3. The second kappa shape index (κ2) is 4.15. The van der Waals surface area contributed by atoms with Crippen LogP contribution in [0, 0.1) is 18.3 Å². The summed E-state index contributed by atoms with van der Waals surface area (Å²) in [7, 11) is 0. The molecule has 0 aliphatic heterocycles. The lowest BCUT2D eigenvalue weighted by molar-refractivity contribution is 0.518. The fourth-order valence-electron chi connectivity index (χ4n) is 1.20. The molecule has 0 radical (unpaired) electrons. The Bertz CT molecular complexity index is 481. The van der Waals surface area contributed by atoms with Crippen LogP contribution in [0.4, 0.5) is 5.00 Å². The molecule has 2 aromatic heterocycles.